The van der Waals surface area contributed by atoms with E-state index in [0.717, 1.165) is 59.0 Å². The molecule has 4 saturated carbocycles. The van der Waals surface area contributed by atoms with E-state index in [9.17, 15) is 4.79 Å². The van der Waals surface area contributed by atoms with Crippen molar-refractivity contribution >= 4 is 5.78 Å². The molecule has 0 spiro atoms. The number of fused-ring (bicyclic) bond motifs is 6. The molecule has 1 aromatic rings. The number of benzene rings is 1. The number of hydrogen-bond donors (Lipinski definition) is 0. The van der Waals surface area contributed by atoms with Gasteiger partial charge in [0, 0.05) is 11.5 Å². The first-order valence-electron chi connectivity index (χ1n) is 12.5. The van der Waals surface area contributed by atoms with Gasteiger partial charge in [-0.25, -0.2) is 0 Å². The maximum absolute atomic E-state index is 13.6. The van der Waals surface area contributed by atoms with E-state index in [1.807, 2.05) is 18.2 Å². The highest BCUT2D eigenvalue weighted by Crippen LogP contribution is 2.64. The normalized spacial score (nSPS) is 44.1. The van der Waals surface area contributed by atoms with E-state index >= 15 is 0 Å². The summed E-state index contributed by atoms with van der Waals surface area (Å²) in [5.74, 6) is 7.48. The highest BCUT2D eigenvalue weighted by Gasteiger charge is 2.58. The molecule has 1 heterocycles. The highest BCUT2D eigenvalue weighted by atomic mass is 16.7. The summed E-state index contributed by atoms with van der Waals surface area (Å²) in [5, 5.41) is 0. The third-order valence-electron chi connectivity index (χ3n) is 10.2. The molecule has 0 radical (unpaired) electrons. The summed E-state index contributed by atoms with van der Waals surface area (Å²) in [6.45, 7) is 5.19. The molecule has 1 aromatic carbocycles. The lowest BCUT2D eigenvalue weighted by atomic mass is 9.49. The van der Waals surface area contributed by atoms with Crippen molar-refractivity contribution in [1.29, 1.82) is 0 Å². The number of hydrogen-bond acceptors (Lipinski definition) is 3. The zero-order valence-corrected chi connectivity index (χ0v) is 18.6. The molecule has 8 atom stereocenters. The van der Waals surface area contributed by atoms with Crippen LogP contribution in [-0.4, -0.2) is 12.6 Å². The maximum atomic E-state index is 13.6. The van der Waals surface area contributed by atoms with E-state index in [4.69, 9.17) is 9.47 Å². The van der Waals surface area contributed by atoms with Crippen LogP contribution in [0, 0.1) is 46.8 Å². The van der Waals surface area contributed by atoms with E-state index in [1.165, 1.54) is 51.4 Å². The van der Waals surface area contributed by atoms with Gasteiger partial charge in [-0.3, -0.25) is 4.79 Å². The fourth-order valence-corrected chi connectivity index (χ4v) is 8.77. The van der Waals surface area contributed by atoms with Crippen molar-refractivity contribution in [3.05, 3.63) is 23.8 Å². The summed E-state index contributed by atoms with van der Waals surface area (Å²) < 4.78 is 11.0. The van der Waals surface area contributed by atoms with Crippen LogP contribution >= 0.6 is 0 Å². The molecule has 5 aliphatic rings. The molecule has 4 fully saturated rings. The Hall–Kier alpha value is -1.51. The fraction of sp³-hybridized carbons (Fsp3) is 0.741. The molecule has 0 N–H and O–H groups in total. The Bertz CT molecular complexity index is 847. The zero-order valence-electron chi connectivity index (χ0n) is 18.6. The van der Waals surface area contributed by atoms with Gasteiger partial charge in [0.2, 0.25) is 6.79 Å². The van der Waals surface area contributed by atoms with Gasteiger partial charge in [0.05, 0.1) is 0 Å². The Labute approximate surface area is 180 Å². The van der Waals surface area contributed by atoms with Crippen LogP contribution in [0.1, 0.15) is 82.0 Å². The van der Waals surface area contributed by atoms with Gasteiger partial charge < -0.3 is 9.47 Å². The first-order valence-corrected chi connectivity index (χ1v) is 12.5. The van der Waals surface area contributed by atoms with Gasteiger partial charge in [-0.15, -0.1) is 0 Å². The monoisotopic (exact) mass is 408 g/mol. The average Bonchev–Trinajstić information content (AvgIpc) is 3.36. The second kappa shape index (κ2) is 7.00. The van der Waals surface area contributed by atoms with Crippen molar-refractivity contribution in [2.75, 3.05) is 6.79 Å². The van der Waals surface area contributed by atoms with Crippen LogP contribution < -0.4 is 9.47 Å². The molecule has 0 bridgehead atoms. The van der Waals surface area contributed by atoms with Crippen LogP contribution in [0.2, 0.25) is 0 Å². The van der Waals surface area contributed by atoms with E-state index in [2.05, 4.69) is 13.8 Å². The summed E-state index contributed by atoms with van der Waals surface area (Å²) in [7, 11) is 0. The molecule has 0 saturated heterocycles. The largest absolute Gasteiger partial charge is 0.454 e. The summed E-state index contributed by atoms with van der Waals surface area (Å²) in [6.07, 6.45) is 12.2. The second-order valence-corrected chi connectivity index (χ2v) is 11.5. The van der Waals surface area contributed by atoms with Crippen molar-refractivity contribution in [2.24, 2.45) is 46.8 Å². The minimum Gasteiger partial charge on any atom is -0.454 e. The predicted molar refractivity (Wildman–Crippen MR) is 117 cm³/mol. The lowest BCUT2D eigenvalue weighted by molar-refractivity contribution is -0.0634. The van der Waals surface area contributed by atoms with Crippen LogP contribution in [0.15, 0.2) is 18.2 Å². The third-order valence-corrected chi connectivity index (χ3v) is 10.2. The molecule has 1 aliphatic heterocycles. The first-order chi connectivity index (χ1) is 14.5. The van der Waals surface area contributed by atoms with Crippen LogP contribution in [0.4, 0.5) is 0 Å². The van der Waals surface area contributed by atoms with Crippen LogP contribution in [0.3, 0.4) is 0 Å². The second-order valence-electron chi connectivity index (χ2n) is 11.5. The molecular formula is C27H36O3. The number of carbonyl (C=O) groups excluding carboxylic acids is 1. The minimum atomic E-state index is 0.174. The van der Waals surface area contributed by atoms with E-state index in [0.29, 0.717) is 5.78 Å². The first kappa shape index (κ1) is 19.2. The molecule has 30 heavy (non-hydrogen) atoms. The lowest BCUT2D eigenvalue weighted by Gasteiger charge is -2.56. The molecule has 4 aliphatic carbocycles. The Morgan fingerprint density at radius 2 is 1.77 bits per heavy atom. The quantitative estimate of drug-likeness (QED) is 0.524. The number of ketones is 1. The van der Waals surface area contributed by atoms with Crippen LogP contribution in [-0.2, 0) is 0 Å². The molecule has 3 nitrogen and oxygen atoms in total. The van der Waals surface area contributed by atoms with Crippen molar-refractivity contribution in [2.45, 2.75) is 71.6 Å². The summed E-state index contributed by atoms with van der Waals surface area (Å²) >= 11 is 0. The Morgan fingerprint density at radius 1 is 0.933 bits per heavy atom. The van der Waals surface area contributed by atoms with E-state index < -0.39 is 0 Å². The van der Waals surface area contributed by atoms with Gasteiger partial charge in [-0.05, 0) is 110 Å². The Morgan fingerprint density at radius 3 is 2.67 bits per heavy atom. The molecule has 6 rings (SSSR count). The number of carbonyl (C=O) groups is 1. The van der Waals surface area contributed by atoms with Crippen LogP contribution in [0.25, 0.3) is 0 Å². The molecule has 0 amide bonds. The maximum Gasteiger partial charge on any atom is 0.231 e. The number of rotatable bonds is 2. The summed E-state index contributed by atoms with van der Waals surface area (Å²) in [4.78, 5) is 13.6. The van der Waals surface area contributed by atoms with E-state index in [1.54, 1.807) is 0 Å². The third kappa shape index (κ3) is 2.79. The van der Waals surface area contributed by atoms with E-state index in [-0.39, 0.29) is 18.1 Å². The predicted octanol–water partition coefficient (Wildman–Crippen LogP) is 6.50. The van der Waals surface area contributed by atoms with Gasteiger partial charge in [0.15, 0.2) is 17.3 Å². The van der Waals surface area contributed by atoms with Gasteiger partial charge in [0.25, 0.3) is 0 Å². The smallest absolute Gasteiger partial charge is 0.231 e. The minimum absolute atomic E-state index is 0.174. The molecular weight excluding hydrogens is 372 g/mol. The van der Waals surface area contributed by atoms with Crippen molar-refractivity contribution in [1.82, 2.24) is 0 Å². The summed E-state index contributed by atoms with van der Waals surface area (Å²) in [6, 6.07) is 5.78. The molecule has 3 heteroatoms. The highest BCUT2D eigenvalue weighted by molar-refractivity contribution is 5.99. The Kier molecular flexibility index (Phi) is 4.48. The van der Waals surface area contributed by atoms with Crippen molar-refractivity contribution in [3.63, 3.8) is 0 Å². The van der Waals surface area contributed by atoms with Gasteiger partial charge >= 0.3 is 0 Å². The van der Waals surface area contributed by atoms with Crippen molar-refractivity contribution in [3.8, 4) is 11.5 Å². The zero-order chi connectivity index (χ0) is 20.5. The molecule has 8 unspecified atom stereocenters. The summed E-state index contributed by atoms with van der Waals surface area (Å²) in [5.41, 5.74) is 1.00. The average molecular weight is 409 g/mol. The molecule has 0 aromatic heterocycles. The van der Waals surface area contributed by atoms with Crippen LogP contribution in [0.5, 0.6) is 11.5 Å². The number of Topliss-reactive ketones (excluding diaryl/α,β-unsaturated/α-hetero) is 1. The van der Waals surface area contributed by atoms with Gasteiger partial charge in [-0.2, -0.15) is 0 Å². The number of ether oxygens (including phenoxy) is 2. The lowest BCUT2D eigenvalue weighted by Crippen LogP contribution is -2.49. The molecule has 162 valence electrons. The fourth-order valence-electron chi connectivity index (χ4n) is 8.77. The topological polar surface area (TPSA) is 35.5 Å². The SMILES string of the molecule is CC1CCC2C(CCC3C2CCC2(C)C(C(=O)c4ccc5c(c4)OCO5)CCC32)C1. The Balaban J connectivity index is 1.23. The standard InChI is InChI=1S/C27H36O3/c1-16-3-6-19-17(13-16)4-7-21-20(19)11-12-27(2)22(21)8-9-23(27)26(28)18-5-10-24-25(14-18)30-15-29-24/h5,10,14,16-17,19-23H,3-4,6-9,11-13,15H2,1-2H3. The van der Waals surface area contributed by atoms with Gasteiger partial charge in [0.1, 0.15) is 0 Å². The van der Waals surface area contributed by atoms with Crippen molar-refractivity contribution < 1.29 is 14.3 Å². The van der Waals surface area contributed by atoms with Gasteiger partial charge in [-0.1, -0.05) is 20.3 Å².